The van der Waals surface area contributed by atoms with E-state index in [0.717, 1.165) is 50.2 Å². The number of halogens is 1. The van der Waals surface area contributed by atoms with Crippen molar-refractivity contribution in [3.05, 3.63) is 59.8 Å². The second-order valence-corrected chi connectivity index (χ2v) is 8.07. The molecule has 2 fully saturated rings. The first kappa shape index (κ1) is 21.9. The number of hydrogen-bond acceptors (Lipinski definition) is 3. The number of anilines is 1. The zero-order valence-corrected chi connectivity index (χ0v) is 19.7. The quantitative estimate of drug-likeness (QED) is 0.367. The zero-order valence-electron chi connectivity index (χ0n) is 17.3. The fourth-order valence-corrected chi connectivity index (χ4v) is 4.10. The first-order valence-electron chi connectivity index (χ1n) is 10.4. The summed E-state index contributed by atoms with van der Waals surface area (Å²) >= 11 is 0. The second-order valence-electron chi connectivity index (χ2n) is 8.07. The monoisotopic (exact) mass is 505 g/mol. The number of hydrogen-bond donors (Lipinski definition) is 2. The van der Waals surface area contributed by atoms with Crippen LogP contribution in [-0.4, -0.2) is 43.7 Å². The number of nitrogens with one attached hydrogen (secondary N) is 2. The lowest BCUT2D eigenvalue weighted by atomic mass is 10.1. The number of aryl methyl sites for hydroxylation is 1. The normalized spacial score (nSPS) is 22.0. The van der Waals surface area contributed by atoms with Crippen LogP contribution in [-0.2, 0) is 0 Å². The summed E-state index contributed by atoms with van der Waals surface area (Å²) in [5, 5.41) is 7.16. The molecule has 1 aromatic heterocycles. The lowest BCUT2D eigenvalue weighted by Crippen LogP contribution is -2.49. The van der Waals surface area contributed by atoms with Gasteiger partial charge in [-0.3, -0.25) is 4.99 Å². The van der Waals surface area contributed by atoms with Gasteiger partial charge in [-0.2, -0.15) is 0 Å². The fourth-order valence-electron chi connectivity index (χ4n) is 4.10. The van der Waals surface area contributed by atoms with Crippen molar-refractivity contribution >= 4 is 35.8 Å². The van der Waals surface area contributed by atoms with Gasteiger partial charge in [-0.15, -0.1) is 24.0 Å². The van der Waals surface area contributed by atoms with Gasteiger partial charge < -0.3 is 15.5 Å². The van der Waals surface area contributed by atoms with Crippen LogP contribution in [0.25, 0.3) is 0 Å². The molecule has 2 atom stereocenters. The Morgan fingerprint density at radius 3 is 2.55 bits per heavy atom. The maximum Gasteiger partial charge on any atom is 0.191 e. The van der Waals surface area contributed by atoms with Gasteiger partial charge >= 0.3 is 0 Å². The van der Waals surface area contributed by atoms with Gasteiger partial charge in [-0.1, -0.05) is 36.4 Å². The number of aliphatic imine (C=N–C) groups is 1. The van der Waals surface area contributed by atoms with E-state index in [4.69, 9.17) is 0 Å². The molecule has 156 valence electrons. The second kappa shape index (κ2) is 10.3. The molecule has 6 heteroatoms. The number of nitrogens with zero attached hydrogens (tertiary/aromatic N) is 3. The number of aromatic nitrogens is 1. The number of rotatable bonds is 5. The molecule has 0 amide bonds. The van der Waals surface area contributed by atoms with Crippen LogP contribution < -0.4 is 15.5 Å². The summed E-state index contributed by atoms with van der Waals surface area (Å²) in [7, 11) is 1.86. The van der Waals surface area contributed by atoms with Gasteiger partial charge in [0.15, 0.2) is 5.96 Å². The average Bonchev–Trinajstić information content (AvgIpc) is 3.53. The highest BCUT2D eigenvalue weighted by atomic mass is 127. The fraction of sp³-hybridized carbons (Fsp3) is 0.478. The highest BCUT2D eigenvalue weighted by Crippen LogP contribution is 2.46. The van der Waals surface area contributed by atoms with Crippen molar-refractivity contribution in [3.63, 3.8) is 0 Å². The van der Waals surface area contributed by atoms with Crippen molar-refractivity contribution in [2.45, 2.75) is 38.1 Å². The largest absolute Gasteiger partial charge is 0.356 e. The van der Waals surface area contributed by atoms with Gasteiger partial charge in [-0.05, 0) is 55.2 Å². The molecule has 4 rings (SSSR count). The minimum atomic E-state index is 0. The highest BCUT2D eigenvalue weighted by Gasteiger charge is 2.37. The zero-order chi connectivity index (χ0) is 19.3. The number of benzene rings is 1. The summed E-state index contributed by atoms with van der Waals surface area (Å²) in [6.45, 7) is 5.13. The Morgan fingerprint density at radius 2 is 1.90 bits per heavy atom. The van der Waals surface area contributed by atoms with E-state index >= 15 is 0 Å². The van der Waals surface area contributed by atoms with Crippen LogP contribution in [0.15, 0.2) is 53.7 Å². The minimum absolute atomic E-state index is 0. The Morgan fingerprint density at radius 1 is 1.14 bits per heavy atom. The topological polar surface area (TPSA) is 52.6 Å². The molecular formula is C23H32IN5. The van der Waals surface area contributed by atoms with Gasteiger partial charge in [-0.25, -0.2) is 4.98 Å². The molecule has 2 unspecified atom stereocenters. The molecule has 1 aromatic carbocycles. The smallest absolute Gasteiger partial charge is 0.191 e. The van der Waals surface area contributed by atoms with E-state index in [1.54, 1.807) is 0 Å². The number of piperidine rings is 1. The van der Waals surface area contributed by atoms with E-state index in [1.165, 1.54) is 17.5 Å². The molecule has 29 heavy (non-hydrogen) atoms. The van der Waals surface area contributed by atoms with E-state index in [2.05, 4.69) is 74.9 Å². The number of guanidine groups is 1. The van der Waals surface area contributed by atoms with Crippen molar-refractivity contribution in [1.29, 1.82) is 0 Å². The van der Waals surface area contributed by atoms with Crippen LogP contribution in [0.3, 0.4) is 0 Å². The summed E-state index contributed by atoms with van der Waals surface area (Å²) in [5.74, 6) is 3.45. The molecule has 1 aliphatic heterocycles. The highest BCUT2D eigenvalue weighted by molar-refractivity contribution is 14.0. The summed E-state index contributed by atoms with van der Waals surface area (Å²) in [6.07, 6.45) is 5.43. The van der Waals surface area contributed by atoms with E-state index in [0.29, 0.717) is 12.0 Å². The van der Waals surface area contributed by atoms with Gasteiger partial charge in [0.05, 0.1) is 0 Å². The Labute approximate surface area is 191 Å². The van der Waals surface area contributed by atoms with Crippen molar-refractivity contribution in [2.75, 3.05) is 31.6 Å². The van der Waals surface area contributed by atoms with Crippen molar-refractivity contribution in [1.82, 2.24) is 15.6 Å². The SMILES string of the molecule is CN=C(NCC1CC1c1ccccc1)NC1CCN(c2ccc(C)cn2)CC1.I. The molecular weight excluding hydrogens is 473 g/mol. The van der Waals surface area contributed by atoms with E-state index < -0.39 is 0 Å². The minimum Gasteiger partial charge on any atom is -0.356 e. The van der Waals surface area contributed by atoms with Crippen LogP contribution >= 0.6 is 24.0 Å². The molecule has 0 radical (unpaired) electrons. The summed E-state index contributed by atoms with van der Waals surface area (Å²) in [6, 6.07) is 15.6. The molecule has 1 saturated heterocycles. The average molecular weight is 505 g/mol. The van der Waals surface area contributed by atoms with Crippen LogP contribution in [0.4, 0.5) is 5.82 Å². The maximum atomic E-state index is 4.56. The molecule has 2 aromatic rings. The van der Waals surface area contributed by atoms with E-state index in [-0.39, 0.29) is 24.0 Å². The third-order valence-electron chi connectivity index (χ3n) is 5.96. The van der Waals surface area contributed by atoms with Crippen LogP contribution in [0.2, 0.25) is 0 Å². The molecule has 1 aliphatic carbocycles. The third kappa shape index (κ3) is 5.84. The summed E-state index contributed by atoms with van der Waals surface area (Å²) < 4.78 is 0. The van der Waals surface area contributed by atoms with E-state index in [9.17, 15) is 0 Å². The predicted octanol–water partition coefficient (Wildman–Crippen LogP) is 3.95. The Hall–Kier alpha value is -1.83. The van der Waals surface area contributed by atoms with Gasteiger partial charge in [0, 0.05) is 38.9 Å². The van der Waals surface area contributed by atoms with Crippen molar-refractivity contribution in [3.8, 4) is 0 Å². The first-order valence-corrected chi connectivity index (χ1v) is 10.4. The molecule has 2 aliphatic rings. The van der Waals surface area contributed by atoms with Crippen LogP contribution in [0.1, 0.15) is 36.3 Å². The molecule has 2 N–H and O–H groups in total. The maximum absolute atomic E-state index is 4.56. The van der Waals surface area contributed by atoms with E-state index in [1.807, 2.05) is 13.2 Å². The lowest BCUT2D eigenvalue weighted by molar-refractivity contribution is 0.459. The third-order valence-corrected chi connectivity index (χ3v) is 5.96. The van der Waals surface area contributed by atoms with Crippen LogP contribution in [0.5, 0.6) is 0 Å². The van der Waals surface area contributed by atoms with Gasteiger partial charge in [0.1, 0.15) is 5.82 Å². The Balaban J connectivity index is 0.00000240. The van der Waals surface area contributed by atoms with Crippen LogP contribution in [0, 0.1) is 12.8 Å². The van der Waals surface area contributed by atoms with Gasteiger partial charge in [0.25, 0.3) is 0 Å². The predicted molar refractivity (Wildman–Crippen MR) is 131 cm³/mol. The van der Waals surface area contributed by atoms with Crippen molar-refractivity contribution in [2.24, 2.45) is 10.9 Å². The molecule has 1 saturated carbocycles. The summed E-state index contributed by atoms with van der Waals surface area (Å²) in [5.41, 5.74) is 2.68. The molecule has 0 bridgehead atoms. The van der Waals surface area contributed by atoms with Gasteiger partial charge in [0.2, 0.25) is 0 Å². The standard InChI is InChI=1S/C23H31N5.HI/c1-17-8-9-22(25-15-17)28-12-10-20(11-13-28)27-23(24-2)26-16-19-14-21(19)18-6-4-3-5-7-18;/h3-9,15,19-21H,10-14,16H2,1-2H3,(H2,24,26,27);1H. The lowest BCUT2D eigenvalue weighted by Gasteiger charge is -2.33. The Kier molecular flexibility index (Phi) is 7.75. The molecule has 0 spiro atoms. The Bertz CT molecular complexity index is 785. The van der Waals surface area contributed by atoms with Crippen molar-refractivity contribution < 1.29 is 0 Å². The molecule has 2 heterocycles. The molecule has 5 nitrogen and oxygen atoms in total. The summed E-state index contributed by atoms with van der Waals surface area (Å²) in [4.78, 5) is 11.4. The number of pyridine rings is 1. The first-order chi connectivity index (χ1) is 13.7.